The highest BCUT2D eigenvalue weighted by molar-refractivity contribution is 7.89. The molecule has 1 N–H and O–H groups in total. The van der Waals surface area contributed by atoms with Gasteiger partial charge < -0.3 is 10.1 Å². The van der Waals surface area contributed by atoms with Crippen LogP contribution in [0.15, 0.2) is 47.4 Å². The van der Waals surface area contributed by atoms with Crippen molar-refractivity contribution in [2.75, 3.05) is 39.9 Å². The minimum absolute atomic E-state index is 0.0281. The Hall–Kier alpha value is -2.40. The van der Waals surface area contributed by atoms with Crippen LogP contribution in [0.1, 0.15) is 11.1 Å². The first-order valence-corrected chi connectivity index (χ1v) is 11.3. The minimum atomic E-state index is -3.56. The number of nitrogens with zero attached hydrogens (tertiary/aromatic N) is 2. The van der Waals surface area contributed by atoms with E-state index in [9.17, 15) is 22.0 Å². The molecule has 168 valence electrons. The van der Waals surface area contributed by atoms with E-state index in [4.69, 9.17) is 4.74 Å². The third-order valence-corrected chi connectivity index (χ3v) is 6.80. The van der Waals surface area contributed by atoms with Gasteiger partial charge in [-0.2, -0.15) is 4.31 Å². The Kier molecular flexibility index (Phi) is 7.71. The molecule has 0 radical (unpaired) electrons. The van der Waals surface area contributed by atoms with E-state index in [2.05, 4.69) is 5.32 Å². The molecule has 2 aromatic carbocycles. The van der Waals surface area contributed by atoms with Crippen molar-refractivity contribution in [3.8, 4) is 0 Å². The third-order valence-electron chi connectivity index (χ3n) is 4.89. The molecule has 1 heterocycles. The highest BCUT2D eigenvalue weighted by Gasteiger charge is 2.26. The van der Waals surface area contributed by atoms with Gasteiger partial charge in [0.2, 0.25) is 15.9 Å². The molecule has 7 nitrogen and oxygen atoms in total. The maximum absolute atomic E-state index is 13.7. The van der Waals surface area contributed by atoms with E-state index in [1.165, 1.54) is 28.6 Å². The van der Waals surface area contributed by atoms with Gasteiger partial charge in [-0.3, -0.25) is 9.69 Å². The quantitative estimate of drug-likeness (QED) is 0.659. The summed E-state index contributed by atoms with van der Waals surface area (Å²) in [5.41, 5.74) is 1.05. The number of carbonyl (C=O) groups excluding carboxylic acids is 1. The molecule has 31 heavy (non-hydrogen) atoms. The first kappa shape index (κ1) is 23.3. The van der Waals surface area contributed by atoms with Crippen molar-refractivity contribution in [2.45, 2.75) is 18.0 Å². The number of likely N-dealkylation sites (N-methyl/N-ethyl adjacent to an activating group) is 1. The number of rotatable bonds is 8. The molecule has 0 bridgehead atoms. The summed E-state index contributed by atoms with van der Waals surface area (Å²) >= 11 is 0. The van der Waals surface area contributed by atoms with E-state index in [1.807, 2.05) is 0 Å². The van der Waals surface area contributed by atoms with Gasteiger partial charge in [0.05, 0.1) is 24.7 Å². The van der Waals surface area contributed by atoms with E-state index in [1.54, 1.807) is 24.1 Å². The second kappa shape index (κ2) is 10.3. The summed E-state index contributed by atoms with van der Waals surface area (Å²) in [6, 6.07) is 9.70. The molecule has 0 spiro atoms. The van der Waals surface area contributed by atoms with Crippen LogP contribution < -0.4 is 5.32 Å². The summed E-state index contributed by atoms with van der Waals surface area (Å²) in [4.78, 5) is 14.0. The van der Waals surface area contributed by atoms with Gasteiger partial charge in [-0.1, -0.05) is 18.2 Å². The monoisotopic (exact) mass is 453 g/mol. The summed E-state index contributed by atoms with van der Waals surface area (Å²) in [6.45, 7) is 1.84. The molecule has 0 unspecified atom stereocenters. The molecule has 1 saturated heterocycles. The van der Waals surface area contributed by atoms with E-state index in [0.29, 0.717) is 31.9 Å². The number of benzene rings is 2. The summed E-state index contributed by atoms with van der Waals surface area (Å²) in [6.07, 6.45) is 0. The number of hydrogen-bond donors (Lipinski definition) is 1. The number of ether oxygens (including phenoxy) is 1. The van der Waals surface area contributed by atoms with E-state index in [0.717, 1.165) is 11.6 Å². The lowest BCUT2D eigenvalue weighted by Gasteiger charge is -2.26. The molecule has 1 aliphatic heterocycles. The molecule has 2 aromatic rings. The Morgan fingerprint density at radius 1 is 1.13 bits per heavy atom. The molecule has 10 heteroatoms. The normalized spacial score (nSPS) is 15.2. The van der Waals surface area contributed by atoms with Gasteiger partial charge in [0.1, 0.15) is 11.6 Å². The van der Waals surface area contributed by atoms with Crippen LogP contribution in [0.4, 0.5) is 8.78 Å². The number of hydrogen-bond acceptors (Lipinski definition) is 5. The van der Waals surface area contributed by atoms with Crippen LogP contribution in [-0.2, 0) is 32.6 Å². The van der Waals surface area contributed by atoms with Crippen LogP contribution in [0, 0.1) is 11.6 Å². The van der Waals surface area contributed by atoms with Crippen molar-refractivity contribution < 1.29 is 26.7 Å². The van der Waals surface area contributed by atoms with Gasteiger partial charge in [0.15, 0.2) is 0 Å². The Morgan fingerprint density at radius 3 is 2.45 bits per heavy atom. The predicted octanol–water partition coefficient (Wildman–Crippen LogP) is 1.73. The Labute approximate surface area is 180 Å². The van der Waals surface area contributed by atoms with Crippen LogP contribution in [0.2, 0.25) is 0 Å². The number of nitrogens with one attached hydrogen (secondary N) is 1. The topological polar surface area (TPSA) is 79.0 Å². The van der Waals surface area contributed by atoms with Crippen molar-refractivity contribution in [2.24, 2.45) is 0 Å². The van der Waals surface area contributed by atoms with Gasteiger partial charge in [0.25, 0.3) is 0 Å². The molecule has 0 saturated carbocycles. The Bertz CT molecular complexity index is 1010. The van der Waals surface area contributed by atoms with Gasteiger partial charge in [-0.05, 0) is 30.8 Å². The minimum Gasteiger partial charge on any atom is -0.379 e. The first-order chi connectivity index (χ1) is 14.8. The fourth-order valence-corrected chi connectivity index (χ4v) is 4.62. The average molecular weight is 454 g/mol. The lowest BCUT2D eigenvalue weighted by atomic mass is 10.2. The summed E-state index contributed by atoms with van der Waals surface area (Å²) in [7, 11) is -1.90. The zero-order valence-corrected chi connectivity index (χ0v) is 18.0. The van der Waals surface area contributed by atoms with Crippen molar-refractivity contribution in [1.29, 1.82) is 0 Å². The predicted molar refractivity (Wildman–Crippen MR) is 111 cm³/mol. The van der Waals surface area contributed by atoms with Crippen molar-refractivity contribution >= 4 is 15.9 Å². The number of halogens is 2. The standard InChI is InChI=1S/C21H25F2N3O4S/c1-25(14-17-4-5-18(22)12-20(17)23)15-21(27)24-13-16-2-6-19(7-3-16)31(28,29)26-8-10-30-11-9-26/h2-7,12H,8-11,13-15H2,1H3,(H,24,27). The van der Waals surface area contributed by atoms with Gasteiger partial charge in [0, 0.05) is 37.8 Å². The molecular weight excluding hydrogens is 428 g/mol. The van der Waals surface area contributed by atoms with Gasteiger partial charge in [-0.15, -0.1) is 0 Å². The summed E-state index contributed by atoms with van der Waals surface area (Å²) in [5, 5.41) is 2.75. The third kappa shape index (κ3) is 6.30. The summed E-state index contributed by atoms with van der Waals surface area (Å²) < 4.78 is 58.6. The van der Waals surface area contributed by atoms with Crippen LogP contribution in [0.5, 0.6) is 0 Å². The number of amides is 1. The molecule has 0 aromatic heterocycles. The van der Waals surface area contributed by atoms with Crippen LogP contribution >= 0.6 is 0 Å². The smallest absolute Gasteiger partial charge is 0.243 e. The largest absolute Gasteiger partial charge is 0.379 e. The molecule has 1 fully saturated rings. The number of sulfonamides is 1. The first-order valence-electron chi connectivity index (χ1n) is 9.82. The van der Waals surface area contributed by atoms with Crippen molar-refractivity contribution in [3.63, 3.8) is 0 Å². The zero-order chi connectivity index (χ0) is 22.4. The molecule has 3 rings (SSSR count). The summed E-state index contributed by atoms with van der Waals surface area (Å²) in [5.74, 6) is -1.57. The van der Waals surface area contributed by atoms with Crippen LogP contribution in [0.25, 0.3) is 0 Å². The highest BCUT2D eigenvalue weighted by atomic mass is 32.2. The van der Waals surface area contributed by atoms with Gasteiger partial charge in [-0.25, -0.2) is 17.2 Å². The molecule has 1 amide bonds. The number of morpholine rings is 1. The zero-order valence-electron chi connectivity index (χ0n) is 17.2. The molecule has 0 atom stereocenters. The average Bonchev–Trinajstić information content (AvgIpc) is 2.75. The maximum atomic E-state index is 13.7. The second-order valence-corrected chi connectivity index (χ2v) is 9.28. The van der Waals surface area contributed by atoms with Crippen LogP contribution in [-0.4, -0.2) is 63.4 Å². The van der Waals surface area contributed by atoms with Gasteiger partial charge >= 0.3 is 0 Å². The molecule has 1 aliphatic rings. The van der Waals surface area contributed by atoms with E-state index in [-0.39, 0.29) is 30.4 Å². The van der Waals surface area contributed by atoms with Crippen molar-refractivity contribution in [3.05, 3.63) is 65.2 Å². The second-order valence-electron chi connectivity index (χ2n) is 7.35. The Morgan fingerprint density at radius 2 is 1.81 bits per heavy atom. The fourth-order valence-electron chi connectivity index (χ4n) is 3.21. The van der Waals surface area contributed by atoms with E-state index < -0.39 is 21.7 Å². The van der Waals surface area contributed by atoms with Crippen LogP contribution in [0.3, 0.4) is 0 Å². The lowest BCUT2D eigenvalue weighted by molar-refractivity contribution is -0.122. The molecular formula is C21H25F2N3O4S. The Balaban J connectivity index is 1.49. The van der Waals surface area contributed by atoms with E-state index >= 15 is 0 Å². The maximum Gasteiger partial charge on any atom is 0.243 e. The molecule has 0 aliphatic carbocycles. The lowest BCUT2D eigenvalue weighted by Crippen LogP contribution is -2.40. The van der Waals surface area contributed by atoms with Crippen molar-refractivity contribution in [1.82, 2.24) is 14.5 Å². The fraction of sp³-hybridized carbons (Fsp3) is 0.381. The highest BCUT2D eigenvalue weighted by Crippen LogP contribution is 2.17. The SMILES string of the molecule is CN(CC(=O)NCc1ccc(S(=O)(=O)N2CCOCC2)cc1)Cc1ccc(F)cc1F. The number of carbonyl (C=O) groups is 1.